The summed E-state index contributed by atoms with van der Waals surface area (Å²) in [6.07, 6.45) is 5.74. The first kappa shape index (κ1) is 22.7. The number of hydrogen-bond acceptors (Lipinski definition) is 6. The fourth-order valence-corrected chi connectivity index (χ4v) is 3.56. The Kier molecular flexibility index (Phi) is 7.29. The van der Waals surface area contributed by atoms with Crippen LogP contribution in [0.15, 0.2) is 54.6 Å². The van der Waals surface area contributed by atoms with Crippen LogP contribution in [0.1, 0.15) is 11.1 Å². The van der Waals surface area contributed by atoms with Gasteiger partial charge in [-0.15, -0.1) is 0 Å². The Hall–Kier alpha value is -2.55. The van der Waals surface area contributed by atoms with Gasteiger partial charge in [-0.2, -0.15) is 0 Å². The van der Waals surface area contributed by atoms with Gasteiger partial charge in [0.25, 0.3) is 0 Å². The van der Waals surface area contributed by atoms with E-state index in [2.05, 4.69) is 0 Å². The molecule has 0 spiro atoms. The van der Waals surface area contributed by atoms with Gasteiger partial charge < -0.3 is 14.2 Å². The van der Waals surface area contributed by atoms with Gasteiger partial charge in [0, 0.05) is 32.2 Å². The number of aromatic hydroxyl groups is 1. The first-order valence-corrected chi connectivity index (χ1v) is 13.8. The number of allylic oxidation sites excluding steroid dienone is 2. The minimum Gasteiger partial charge on any atom is -0.504 e. The molecule has 0 unspecified atom stereocenters. The smallest absolute Gasteiger partial charge is 0.242 e. The molecule has 0 fully saturated rings. The Balaban J connectivity index is 2.11. The molecular weight excluding hydrogens is 410 g/mol. The summed E-state index contributed by atoms with van der Waals surface area (Å²) < 4.78 is 34.2. The number of carbonyl (C=O) groups is 1. The van der Waals surface area contributed by atoms with E-state index in [0.29, 0.717) is 11.3 Å². The Morgan fingerprint density at radius 2 is 1.52 bits per heavy atom. The lowest BCUT2D eigenvalue weighted by molar-refractivity contribution is -0.110. The normalized spacial score (nSPS) is 12.4. The number of phenolic OH excluding ortho intramolecular Hbond substituents is 1. The predicted molar refractivity (Wildman–Crippen MR) is 118 cm³/mol. The minimum absolute atomic E-state index is 0.101. The Morgan fingerprint density at radius 3 is 2.17 bits per heavy atom. The zero-order valence-corrected chi connectivity index (χ0v) is 18.5. The molecule has 0 amide bonds. The number of phenols is 1. The maximum Gasteiger partial charge on any atom is 0.242 e. The van der Waals surface area contributed by atoms with Gasteiger partial charge >= 0.3 is 0 Å². The van der Waals surface area contributed by atoms with E-state index in [4.69, 9.17) is 9.05 Å². The van der Waals surface area contributed by atoms with Crippen LogP contribution in [0.3, 0.4) is 0 Å². The molecule has 2 aromatic carbocycles. The number of carbonyl (C=O) groups excluding carboxylic acids is 1. The summed E-state index contributed by atoms with van der Waals surface area (Å²) in [5, 5.41) is 10.2. The van der Waals surface area contributed by atoms with Gasteiger partial charge in [0.15, 0.2) is 17.3 Å². The van der Waals surface area contributed by atoms with Gasteiger partial charge in [0.05, 0.1) is 0 Å². The lowest BCUT2D eigenvalue weighted by atomic mass is 10.1. The van der Waals surface area contributed by atoms with Crippen LogP contribution in [-0.2, 0) is 13.9 Å². The summed E-state index contributed by atoms with van der Waals surface area (Å²) in [6.45, 7) is 5.95. The second kappa shape index (κ2) is 9.30. The SMILES string of the molecule is CP(C)(=O)Oc1cccc(/C=C/C(=O)/C=C/c2cccc(OP(C)(C)=O)c2O)c1. The van der Waals surface area contributed by atoms with Gasteiger partial charge in [0.1, 0.15) is 5.75 Å². The van der Waals surface area contributed by atoms with Gasteiger partial charge in [-0.3, -0.25) is 13.9 Å². The molecule has 0 aliphatic heterocycles. The fraction of sp³-hybridized carbons (Fsp3) is 0.190. The zero-order chi connectivity index (χ0) is 21.7. The van der Waals surface area contributed by atoms with Crippen molar-refractivity contribution in [3.63, 3.8) is 0 Å². The van der Waals surface area contributed by atoms with Crippen LogP contribution in [0, 0.1) is 0 Å². The van der Waals surface area contributed by atoms with Gasteiger partial charge in [-0.1, -0.05) is 30.3 Å². The highest BCUT2D eigenvalue weighted by Crippen LogP contribution is 2.43. The Bertz CT molecular complexity index is 1040. The summed E-state index contributed by atoms with van der Waals surface area (Å²) in [5.41, 5.74) is 1.09. The van der Waals surface area contributed by atoms with Gasteiger partial charge in [-0.25, -0.2) is 0 Å². The zero-order valence-electron chi connectivity index (χ0n) is 16.7. The summed E-state index contributed by atoms with van der Waals surface area (Å²) in [6, 6.07) is 11.7. The highest BCUT2D eigenvalue weighted by atomic mass is 31.2. The monoisotopic (exact) mass is 434 g/mol. The minimum atomic E-state index is -2.82. The molecule has 29 heavy (non-hydrogen) atoms. The average Bonchev–Trinajstić information content (AvgIpc) is 2.58. The molecule has 0 saturated heterocycles. The lowest BCUT2D eigenvalue weighted by Gasteiger charge is -2.12. The van der Waals surface area contributed by atoms with Crippen molar-refractivity contribution in [3.05, 3.63) is 65.7 Å². The molecule has 0 aliphatic carbocycles. The summed E-state index contributed by atoms with van der Waals surface area (Å²) in [4.78, 5) is 12.1. The third kappa shape index (κ3) is 8.15. The molecule has 8 heteroatoms. The van der Waals surface area contributed by atoms with E-state index in [1.54, 1.807) is 42.5 Å². The van der Waals surface area contributed by atoms with E-state index in [9.17, 15) is 19.0 Å². The van der Waals surface area contributed by atoms with Crippen molar-refractivity contribution in [1.29, 1.82) is 0 Å². The molecule has 0 aliphatic rings. The molecule has 154 valence electrons. The molecule has 0 heterocycles. The fourth-order valence-electron chi connectivity index (χ4n) is 2.32. The third-order valence-electron chi connectivity index (χ3n) is 3.40. The lowest BCUT2D eigenvalue weighted by Crippen LogP contribution is -1.91. The van der Waals surface area contributed by atoms with E-state index in [-0.39, 0.29) is 17.3 Å². The second-order valence-corrected chi connectivity index (χ2v) is 12.4. The van der Waals surface area contributed by atoms with Crippen LogP contribution in [0.4, 0.5) is 0 Å². The molecule has 0 bridgehead atoms. The number of para-hydroxylation sites is 1. The van der Waals surface area contributed by atoms with Crippen LogP contribution < -0.4 is 9.05 Å². The summed E-state index contributed by atoms with van der Waals surface area (Å²) >= 11 is 0. The number of hydrogen-bond donors (Lipinski definition) is 1. The van der Waals surface area contributed by atoms with Gasteiger partial charge in [0.2, 0.25) is 14.7 Å². The van der Waals surface area contributed by atoms with Crippen molar-refractivity contribution in [2.24, 2.45) is 0 Å². The molecule has 0 aromatic heterocycles. The van der Waals surface area contributed by atoms with Crippen molar-refractivity contribution in [2.45, 2.75) is 0 Å². The van der Waals surface area contributed by atoms with E-state index < -0.39 is 14.7 Å². The summed E-state index contributed by atoms with van der Waals surface area (Å²) in [7, 11) is -5.49. The highest BCUT2D eigenvalue weighted by Gasteiger charge is 2.14. The molecule has 0 saturated carbocycles. The topological polar surface area (TPSA) is 89.9 Å². The maximum atomic E-state index is 12.1. The van der Waals surface area contributed by atoms with E-state index >= 15 is 0 Å². The third-order valence-corrected chi connectivity index (χ3v) is 4.69. The number of rotatable bonds is 8. The Morgan fingerprint density at radius 1 is 0.897 bits per heavy atom. The van der Waals surface area contributed by atoms with Crippen molar-refractivity contribution in [1.82, 2.24) is 0 Å². The van der Waals surface area contributed by atoms with Crippen molar-refractivity contribution >= 4 is 32.7 Å². The quantitative estimate of drug-likeness (QED) is 0.435. The maximum absolute atomic E-state index is 12.1. The van der Waals surface area contributed by atoms with Crippen LogP contribution in [0.25, 0.3) is 12.2 Å². The molecule has 6 nitrogen and oxygen atoms in total. The van der Waals surface area contributed by atoms with Gasteiger partial charge in [-0.05, 0) is 42.0 Å². The highest BCUT2D eigenvalue weighted by molar-refractivity contribution is 7.58. The number of benzene rings is 2. The number of ketones is 1. The van der Waals surface area contributed by atoms with Crippen molar-refractivity contribution in [3.8, 4) is 17.2 Å². The van der Waals surface area contributed by atoms with E-state index in [1.807, 2.05) is 0 Å². The second-order valence-electron chi connectivity index (χ2n) is 7.02. The van der Waals surface area contributed by atoms with Crippen LogP contribution in [-0.4, -0.2) is 37.5 Å². The molecule has 1 N–H and O–H groups in total. The molecule has 0 atom stereocenters. The average molecular weight is 434 g/mol. The molecular formula is C21H24O6P2. The van der Waals surface area contributed by atoms with Crippen LogP contribution in [0.2, 0.25) is 0 Å². The first-order valence-electron chi connectivity index (χ1n) is 8.74. The molecule has 0 radical (unpaired) electrons. The van der Waals surface area contributed by atoms with Crippen molar-refractivity contribution < 1.29 is 28.1 Å². The Labute approximate surface area is 170 Å². The predicted octanol–water partition coefficient (Wildman–Crippen LogP) is 5.52. The van der Waals surface area contributed by atoms with E-state index in [1.165, 1.54) is 51.0 Å². The van der Waals surface area contributed by atoms with Crippen molar-refractivity contribution in [2.75, 3.05) is 26.7 Å². The first-order chi connectivity index (χ1) is 13.4. The molecule has 2 rings (SSSR count). The van der Waals surface area contributed by atoms with Crippen LogP contribution >= 0.6 is 14.7 Å². The largest absolute Gasteiger partial charge is 0.504 e. The van der Waals surface area contributed by atoms with Crippen LogP contribution in [0.5, 0.6) is 17.2 Å². The standard InChI is InChI=1S/C21H24O6P2/c1-28(2,24)26-19-9-5-7-16(15-19)11-13-18(22)14-12-17-8-6-10-20(21(17)23)27-29(3,4)25/h5-15,23H,1-4H3/b13-11+,14-12+. The van der Waals surface area contributed by atoms with E-state index in [0.717, 1.165) is 5.56 Å². The molecule has 2 aromatic rings. The summed E-state index contributed by atoms with van der Waals surface area (Å²) in [5.74, 6) is 0.0898.